The Morgan fingerprint density at radius 2 is 2.00 bits per heavy atom. The van der Waals surface area contributed by atoms with Crippen LogP contribution in [0.3, 0.4) is 0 Å². The van der Waals surface area contributed by atoms with Crippen molar-refractivity contribution in [2.45, 2.75) is 44.9 Å². The largest absolute Gasteiger partial charge is 0.356 e. The Bertz CT molecular complexity index is 374. The predicted molar refractivity (Wildman–Crippen MR) is 74.4 cm³/mol. The van der Waals surface area contributed by atoms with Gasteiger partial charge in [-0.25, -0.2) is 0 Å². The molecule has 1 aliphatic rings. The van der Waals surface area contributed by atoms with Gasteiger partial charge < -0.3 is 5.32 Å². The van der Waals surface area contributed by atoms with Gasteiger partial charge in [0.1, 0.15) is 0 Å². The first-order valence-corrected chi connectivity index (χ1v) is 7.15. The van der Waals surface area contributed by atoms with Crippen LogP contribution in [0.1, 0.15) is 50.5 Å². The highest BCUT2D eigenvalue weighted by atomic mass is 16.2. The van der Waals surface area contributed by atoms with E-state index in [1.165, 1.54) is 24.8 Å². The molecular weight excluding hydrogens is 222 g/mol. The standard InChI is InChI=1S/C16H23NO/c1-2-3-4-8-11-17-16(18)15-12-14(15)13-9-6-5-7-10-13/h5-7,9-10,14-15H,2-4,8,11-12H2,1H3,(H,17,18)/t14-,15+/m0/s1. The summed E-state index contributed by atoms with van der Waals surface area (Å²) >= 11 is 0. The van der Waals surface area contributed by atoms with Crippen LogP contribution in [0.25, 0.3) is 0 Å². The van der Waals surface area contributed by atoms with Gasteiger partial charge in [0, 0.05) is 12.5 Å². The first kappa shape index (κ1) is 13.1. The van der Waals surface area contributed by atoms with E-state index in [0.29, 0.717) is 5.92 Å². The summed E-state index contributed by atoms with van der Waals surface area (Å²) in [6.07, 6.45) is 5.87. The molecule has 0 aromatic heterocycles. The topological polar surface area (TPSA) is 29.1 Å². The van der Waals surface area contributed by atoms with Crippen molar-refractivity contribution in [2.75, 3.05) is 6.54 Å². The second-order valence-electron chi connectivity index (χ2n) is 5.21. The van der Waals surface area contributed by atoms with E-state index in [4.69, 9.17) is 0 Å². The van der Waals surface area contributed by atoms with E-state index in [1.54, 1.807) is 0 Å². The van der Waals surface area contributed by atoms with E-state index < -0.39 is 0 Å². The first-order chi connectivity index (χ1) is 8.83. The van der Waals surface area contributed by atoms with Gasteiger partial charge in [-0.3, -0.25) is 4.79 Å². The molecule has 0 radical (unpaired) electrons. The second kappa shape index (κ2) is 6.58. The lowest BCUT2D eigenvalue weighted by atomic mass is 10.1. The Morgan fingerprint density at radius 1 is 1.22 bits per heavy atom. The Kier molecular flexibility index (Phi) is 4.80. The molecule has 18 heavy (non-hydrogen) atoms. The van der Waals surface area contributed by atoms with Gasteiger partial charge >= 0.3 is 0 Å². The van der Waals surface area contributed by atoms with Gasteiger partial charge in [-0.2, -0.15) is 0 Å². The van der Waals surface area contributed by atoms with Gasteiger partial charge in [-0.15, -0.1) is 0 Å². The van der Waals surface area contributed by atoms with Crippen molar-refractivity contribution in [1.29, 1.82) is 0 Å². The quantitative estimate of drug-likeness (QED) is 0.732. The summed E-state index contributed by atoms with van der Waals surface area (Å²) in [6.45, 7) is 3.05. The highest BCUT2D eigenvalue weighted by Gasteiger charge is 2.43. The molecule has 1 aromatic carbocycles. The zero-order valence-corrected chi connectivity index (χ0v) is 11.2. The lowest BCUT2D eigenvalue weighted by Gasteiger charge is -2.04. The van der Waals surface area contributed by atoms with Gasteiger partial charge in [-0.05, 0) is 24.3 Å². The average Bonchev–Trinajstić information content (AvgIpc) is 3.20. The van der Waals surface area contributed by atoms with E-state index in [0.717, 1.165) is 19.4 Å². The lowest BCUT2D eigenvalue weighted by molar-refractivity contribution is -0.122. The third-order valence-electron chi connectivity index (χ3n) is 3.68. The molecule has 0 heterocycles. The van der Waals surface area contributed by atoms with Gasteiger partial charge in [0.25, 0.3) is 0 Å². The minimum Gasteiger partial charge on any atom is -0.356 e. The second-order valence-corrected chi connectivity index (χ2v) is 5.21. The van der Waals surface area contributed by atoms with Crippen LogP contribution in [0.5, 0.6) is 0 Å². The van der Waals surface area contributed by atoms with Crippen LogP contribution in [-0.4, -0.2) is 12.5 Å². The Labute approximate surface area is 110 Å². The van der Waals surface area contributed by atoms with E-state index in [9.17, 15) is 4.79 Å². The van der Waals surface area contributed by atoms with Crippen LogP contribution in [0.15, 0.2) is 30.3 Å². The normalized spacial score (nSPS) is 21.6. The highest BCUT2D eigenvalue weighted by molar-refractivity contribution is 5.82. The molecule has 1 amide bonds. The highest BCUT2D eigenvalue weighted by Crippen LogP contribution is 2.47. The molecule has 0 spiro atoms. The Hall–Kier alpha value is -1.31. The Morgan fingerprint density at radius 3 is 2.72 bits per heavy atom. The van der Waals surface area contributed by atoms with Crippen molar-refractivity contribution in [2.24, 2.45) is 5.92 Å². The fourth-order valence-corrected chi connectivity index (χ4v) is 2.45. The van der Waals surface area contributed by atoms with E-state index in [2.05, 4.69) is 24.4 Å². The predicted octanol–water partition coefficient (Wildman–Crippen LogP) is 3.49. The van der Waals surface area contributed by atoms with Crippen LogP contribution in [0.4, 0.5) is 0 Å². The molecule has 0 saturated heterocycles. The zero-order chi connectivity index (χ0) is 12.8. The molecule has 2 rings (SSSR count). The fraction of sp³-hybridized carbons (Fsp3) is 0.562. The summed E-state index contributed by atoms with van der Waals surface area (Å²) in [5.74, 6) is 0.931. The molecule has 0 bridgehead atoms. The van der Waals surface area contributed by atoms with Gasteiger partial charge in [0.15, 0.2) is 0 Å². The lowest BCUT2D eigenvalue weighted by Crippen LogP contribution is -2.26. The first-order valence-electron chi connectivity index (χ1n) is 7.15. The summed E-state index contributed by atoms with van der Waals surface area (Å²) < 4.78 is 0. The average molecular weight is 245 g/mol. The zero-order valence-electron chi connectivity index (χ0n) is 11.2. The van der Waals surface area contributed by atoms with Crippen LogP contribution < -0.4 is 5.32 Å². The Balaban J connectivity index is 1.67. The summed E-state index contributed by atoms with van der Waals surface area (Å²) in [5, 5.41) is 3.06. The number of carbonyl (C=O) groups excluding carboxylic acids is 1. The summed E-state index contributed by atoms with van der Waals surface area (Å²) in [7, 11) is 0. The molecule has 1 aromatic rings. The van der Waals surface area contributed by atoms with Crippen LogP contribution in [0.2, 0.25) is 0 Å². The molecule has 2 nitrogen and oxygen atoms in total. The minimum atomic E-state index is 0.221. The number of carbonyl (C=O) groups is 1. The molecular formula is C16H23NO. The SMILES string of the molecule is CCCCCCNC(=O)[C@@H]1C[C@H]1c1ccccc1. The summed E-state index contributed by atoms with van der Waals surface area (Å²) in [5.41, 5.74) is 1.31. The molecule has 98 valence electrons. The molecule has 0 aliphatic heterocycles. The van der Waals surface area contributed by atoms with Crippen molar-refractivity contribution in [3.8, 4) is 0 Å². The summed E-state index contributed by atoms with van der Waals surface area (Å²) in [6, 6.07) is 10.4. The molecule has 1 fully saturated rings. The number of rotatable bonds is 7. The monoisotopic (exact) mass is 245 g/mol. The van der Waals surface area contributed by atoms with E-state index in [-0.39, 0.29) is 11.8 Å². The maximum atomic E-state index is 11.9. The number of benzene rings is 1. The van der Waals surface area contributed by atoms with Crippen molar-refractivity contribution >= 4 is 5.91 Å². The van der Waals surface area contributed by atoms with E-state index >= 15 is 0 Å². The van der Waals surface area contributed by atoms with Gasteiger partial charge in [0.05, 0.1) is 0 Å². The van der Waals surface area contributed by atoms with Crippen LogP contribution >= 0.6 is 0 Å². The van der Waals surface area contributed by atoms with Crippen molar-refractivity contribution in [1.82, 2.24) is 5.32 Å². The number of unbranched alkanes of at least 4 members (excludes halogenated alkanes) is 3. The van der Waals surface area contributed by atoms with Crippen molar-refractivity contribution in [3.05, 3.63) is 35.9 Å². The maximum absolute atomic E-state index is 11.9. The maximum Gasteiger partial charge on any atom is 0.223 e. The molecule has 1 aliphatic carbocycles. The fourth-order valence-electron chi connectivity index (χ4n) is 2.45. The van der Waals surface area contributed by atoms with Gasteiger partial charge in [0.2, 0.25) is 5.91 Å². The molecule has 0 unspecified atom stereocenters. The van der Waals surface area contributed by atoms with Crippen molar-refractivity contribution in [3.63, 3.8) is 0 Å². The number of nitrogens with one attached hydrogen (secondary N) is 1. The molecule has 1 N–H and O–H groups in total. The third kappa shape index (κ3) is 3.59. The minimum absolute atomic E-state index is 0.221. The van der Waals surface area contributed by atoms with Crippen LogP contribution in [-0.2, 0) is 4.79 Å². The molecule has 2 atom stereocenters. The summed E-state index contributed by atoms with van der Waals surface area (Å²) in [4.78, 5) is 11.9. The van der Waals surface area contributed by atoms with Gasteiger partial charge in [-0.1, -0.05) is 56.5 Å². The smallest absolute Gasteiger partial charge is 0.223 e. The number of hydrogen-bond donors (Lipinski definition) is 1. The molecule has 2 heteroatoms. The number of hydrogen-bond acceptors (Lipinski definition) is 1. The van der Waals surface area contributed by atoms with Crippen LogP contribution in [0, 0.1) is 5.92 Å². The third-order valence-corrected chi connectivity index (χ3v) is 3.68. The number of amides is 1. The van der Waals surface area contributed by atoms with E-state index in [1.807, 2.05) is 18.2 Å². The van der Waals surface area contributed by atoms with Crippen molar-refractivity contribution < 1.29 is 4.79 Å². The molecule has 1 saturated carbocycles.